The highest BCUT2D eigenvalue weighted by molar-refractivity contribution is 6.88. The smallest absolute Gasteiger partial charge is 0.222 e. The number of nitrogens with zero attached hydrogens (tertiary/aromatic N) is 1. The maximum absolute atomic E-state index is 5.38. The molecule has 0 bridgehead atoms. The quantitative estimate of drug-likeness (QED) is 0.518. The van der Waals surface area contributed by atoms with E-state index >= 15 is 0 Å². The summed E-state index contributed by atoms with van der Waals surface area (Å²) < 4.78 is 1.80. The summed E-state index contributed by atoms with van der Waals surface area (Å²) in [7, 11) is -1.19. The van der Waals surface area contributed by atoms with E-state index in [2.05, 4.69) is 31.9 Å². The van der Waals surface area contributed by atoms with Crippen LogP contribution < -0.4 is 14.8 Å². The van der Waals surface area contributed by atoms with E-state index in [1.165, 1.54) is 5.19 Å². The highest BCUT2D eigenvalue weighted by Gasteiger charge is 2.19. The zero-order chi connectivity index (χ0) is 9.90. The predicted molar refractivity (Wildman–Crippen MR) is 56.7 cm³/mol. The number of pyridine rings is 1. The van der Waals surface area contributed by atoms with Crippen molar-refractivity contribution in [2.45, 2.75) is 26.6 Å². The van der Waals surface area contributed by atoms with Gasteiger partial charge in [0.05, 0.1) is 8.07 Å². The summed E-state index contributed by atoms with van der Waals surface area (Å²) in [6.45, 7) is 9.70. The Hall–Kier alpha value is -0.833. The van der Waals surface area contributed by atoms with Crippen molar-refractivity contribution in [1.82, 2.24) is 0 Å². The molecule has 0 saturated carbocycles. The molecule has 1 rings (SSSR count). The first kappa shape index (κ1) is 10.2. The minimum Gasteiger partial charge on any atom is -0.272 e. The lowest BCUT2D eigenvalue weighted by Gasteiger charge is -2.13. The Labute approximate surface area is 81.1 Å². The number of hydrogen-bond donors (Lipinski definition) is 0. The van der Waals surface area contributed by atoms with Crippen molar-refractivity contribution >= 4 is 13.3 Å². The summed E-state index contributed by atoms with van der Waals surface area (Å²) in [5, 5.41) is 1.42. The summed E-state index contributed by atoms with van der Waals surface area (Å²) in [4.78, 5) is 5.38. The van der Waals surface area contributed by atoms with Crippen molar-refractivity contribution in [3.8, 4) is 0 Å². The zero-order valence-corrected chi connectivity index (χ0v) is 9.87. The number of aromatic nitrogens is 1. The Bertz CT molecular complexity index is 280. The van der Waals surface area contributed by atoms with Crippen LogP contribution in [-0.4, -0.2) is 14.7 Å². The van der Waals surface area contributed by atoms with Gasteiger partial charge in [-0.15, -0.1) is 0 Å². The third kappa shape index (κ3) is 2.84. The van der Waals surface area contributed by atoms with Crippen LogP contribution in [0.3, 0.4) is 0 Å². The largest absolute Gasteiger partial charge is 0.272 e. The molecule has 0 aliphatic carbocycles. The SMILES string of the molecule is CCO[n+]1cccc([Si](C)(C)C)c1. The fourth-order valence-corrected chi connectivity index (χ4v) is 2.24. The van der Waals surface area contributed by atoms with Crippen molar-refractivity contribution in [2.24, 2.45) is 0 Å². The molecule has 1 aromatic heterocycles. The second-order valence-electron chi connectivity index (χ2n) is 4.12. The first-order valence-corrected chi connectivity index (χ1v) is 8.19. The van der Waals surface area contributed by atoms with Crippen molar-refractivity contribution in [3.63, 3.8) is 0 Å². The predicted octanol–water partition coefficient (Wildman–Crippen LogP) is 0.968. The van der Waals surface area contributed by atoms with E-state index in [4.69, 9.17) is 4.84 Å². The van der Waals surface area contributed by atoms with E-state index < -0.39 is 8.07 Å². The highest BCUT2D eigenvalue weighted by Crippen LogP contribution is 1.98. The number of hydrogen-bond acceptors (Lipinski definition) is 1. The van der Waals surface area contributed by atoms with Crippen molar-refractivity contribution in [2.75, 3.05) is 6.61 Å². The van der Waals surface area contributed by atoms with Gasteiger partial charge in [0.1, 0.15) is 0 Å². The molecule has 3 heteroatoms. The van der Waals surface area contributed by atoms with E-state index in [0.29, 0.717) is 6.61 Å². The molecule has 0 aliphatic rings. The third-order valence-electron chi connectivity index (χ3n) is 1.92. The average Bonchev–Trinajstić information content (AvgIpc) is 2.04. The van der Waals surface area contributed by atoms with E-state index in [1.54, 1.807) is 4.73 Å². The normalized spacial score (nSPS) is 11.4. The Morgan fingerprint density at radius 2 is 2.08 bits per heavy atom. The van der Waals surface area contributed by atoms with Gasteiger partial charge < -0.3 is 0 Å². The molecule has 2 nitrogen and oxygen atoms in total. The maximum atomic E-state index is 5.38. The average molecular weight is 196 g/mol. The molecule has 0 saturated heterocycles. The molecule has 0 radical (unpaired) electrons. The maximum Gasteiger partial charge on any atom is 0.222 e. The van der Waals surface area contributed by atoms with Crippen molar-refractivity contribution < 1.29 is 9.57 Å². The Morgan fingerprint density at radius 3 is 2.62 bits per heavy atom. The van der Waals surface area contributed by atoms with Crippen molar-refractivity contribution in [3.05, 3.63) is 24.5 Å². The molecule has 0 fully saturated rings. The fourth-order valence-electron chi connectivity index (χ4n) is 1.13. The molecule has 0 amide bonds. The molecule has 0 atom stereocenters. The summed E-state index contributed by atoms with van der Waals surface area (Å²) >= 11 is 0. The molecule has 0 aliphatic heterocycles. The van der Waals surface area contributed by atoms with Gasteiger partial charge in [-0.3, -0.25) is 4.84 Å². The van der Waals surface area contributed by atoms with Crippen LogP contribution in [0.15, 0.2) is 24.5 Å². The molecule has 13 heavy (non-hydrogen) atoms. The molecule has 0 unspecified atom stereocenters. The lowest BCUT2D eigenvalue weighted by Crippen LogP contribution is -2.49. The zero-order valence-electron chi connectivity index (χ0n) is 8.87. The third-order valence-corrected chi connectivity index (χ3v) is 3.95. The first-order valence-electron chi connectivity index (χ1n) is 4.69. The summed E-state index contributed by atoms with van der Waals surface area (Å²) in [5.74, 6) is 0. The van der Waals surface area contributed by atoms with E-state index in [-0.39, 0.29) is 0 Å². The van der Waals surface area contributed by atoms with E-state index in [9.17, 15) is 0 Å². The summed E-state index contributed by atoms with van der Waals surface area (Å²) in [5.41, 5.74) is 0. The van der Waals surface area contributed by atoms with Gasteiger partial charge in [0.2, 0.25) is 12.4 Å². The van der Waals surface area contributed by atoms with Crippen molar-refractivity contribution in [1.29, 1.82) is 0 Å². The van der Waals surface area contributed by atoms with Crippen LogP contribution in [0.25, 0.3) is 0 Å². The molecule has 1 heterocycles. The van der Waals surface area contributed by atoms with Crippen LogP contribution in [0, 0.1) is 0 Å². The monoisotopic (exact) mass is 196 g/mol. The van der Waals surface area contributed by atoms with Gasteiger partial charge in [0.25, 0.3) is 0 Å². The van der Waals surface area contributed by atoms with Gasteiger partial charge in [-0.05, 0) is 6.92 Å². The topological polar surface area (TPSA) is 13.1 Å². The minimum atomic E-state index is -1.19. The highest BCUT2D eigenvalue weighted by atomic mass is 28.3. The standard InChI is InChI=1S/C10H18NOSi/c1-5-12-11-8-6-7-10(9-11)13(2,3)4/h6-9H,5H2,1-4H3/q+1. The van der Waals surface area contributed by atoms with Crippen LogP contribution in [0.4, 0.5) is 0 Å². The fraction of sp³-hybridized carbons (Fsp3) is 0.500. The van der Waals surface area contributed by atoms with Crippen LogP contribution in [-0.2, 0) is 0 Å². The Balaban J connectivity index is 2.92. The second-order valence-corrected chi connectivity index (χ2v) is 9.20. The lowest BCUT2D eigenvalue weighted by atomic mass is 10.5. The van der Waals surface area contributed by atoms with Gasteiger partial charge in [0, 0.05) is 16.0 Å². The second kappa shape index (κ2) is 3.92. The first-order chi connectivity index (χ1) is 6.04. The van der Waals surface area contributed by atoms with Gasteiger partial charge in [-0.2, -0.15) is 0 Å². The molecule has 0 N–H and O–H groups in total. The number of rotatable bonds is 3. The van der Waals surface area contributed by atoms with Crippen LogP contribution in [0.1, 0.15) is 6.92 Å². The summed E-state index contributed by atoms with van der Waals surface area (Å²) in [6.07, 6.45) is 4.03. The Kier molecular flexibility index (Phi) is 3.09. The molecular weight excluding hydrogens is 178 g/mol. The van der Waals surface area contributed by atoms with Gasteiger partial charge in [-0.25, -0.2) is 0 Å². The van der Waals surface area contributed by atoms with Crippen LogP contribution >= 0.6 is 0 Å². The molecule has 1 aromatic rings. The van der Waals surface area contributed by atoms with Gasteiger partial charge >= 0.3 is 0 Å². The molecule has 0 aromatic carbocycles. The van der Waals surface area contributed by atoms with E-state index in [0.717, 1.165) is 0 Å². The molecular formula is C10H18NOSi+. The van der Waals surface area contributed by atoms with E-state index in [1.807, 2.05) is 19.2 Å². The Morgan fingerprint density at radius 1 is 1.38 bits per heavy atom. The van der Waals surface area contributed by atoms with Crippen LogP contribution in [0.5, 0.6) is 0 Å². The molecule has 0 spiro atoms. The van der Waals surface area contributed by atoms with Gasteiger partial charge in [0.15, 0.2) is 6.61 Å². The minimum absolute atomic E-state index is 0.708. The van der Waals surface area contributed by atoms with Gasteiger partial charge in [-0.1, -0.05) is 25.7 Å². The van der Waals surface area contributed by atoms with Crippen LogP contribution in [0.2, 0.25) is 19.6 Å². The lowest BCUT2D eigenvalue weighted by molar-refractivity contribution is -0.890. The summed E-state index contributed by atoms with van der Waals surface area (Å²) in [6, 6.07) is 4.23. The molecule has 72 valence electrons.